The molecule has 0 unspecified atom stereocenters. The third kappa shape index (κ3) is 3.22. The molecule has 1 aromatic carbocycles. The van der Waals surface area contributed by atoms with Gasteiger partial charge in [-0.15, -0.1) is 0 Å². The van der Waals surface area contributed by atoms with Crippen molar-refractivity contribution in [3.63, 3.8) is 0 Å². The molecule has 0 aromatic heterocycles. The van der Waals surface area contributed by atoms with Crippen molar-refractivity contribution in [1.29, 1.82) is 5.26 Å². The minimum atomic E-state index is -1.13. The number of nitriles is 1. The number of amides is 2. The first kappa shape index (κ1) is 13.5. The molecule has 18 heavy (non-hydrogen) atoms. The second-order valence-electron chi connectivity index (χ2n) is 3.77. The van der Waals surface area contributed by atoms with E-state index in [-0.39, 0.29) is 0 Å². The van der Waals surface area contributed by atoms with Gasteiger partial charge in [0.05, 0.1) is 11.3 Å². The summed E-state index contributed by atoms with van der Waals surface area (Å²) in [5.41, 5.74) is 1.45. The van der Waals surface area contributed by atoms with Crippen LogP contribution in [0, 0.1) is 18.3 Å². The van der Waals surface area contributed by atoms with Gasteiger partial charge in [0.2, 0.25) is 0 Å². The number of nitrogens with one attached hydrogen (secondary N) is 2. The summed E-state index contributed by atoms with van der Waals surface area (Å²) in [4.78, 5) is 22.1. The molecule has 94 valence electrons. The van der Waals surface area contributed by atoms with Crippen LogP contribution in [0.15, 0.2) is 18.2 Å². The predicted octanol–water partition coefficient (Wildman–Crippen LogP) is 1.46. The largest absolute Gasteiger partial charge is 0.480 e. The molecule has 0 aliphatic heterocycles. The second kappa shape index (κ2) is 5.68. The minimum absolute atomic E-state index is 0.354. The summed E-state index contributed by atoms with van der Waals surface area (Å²) in [6.07, 6.45) is 0. The van der Waals surface area contributed by atoms with Gasteiger partial charge < -0.3 is 15.7 Å². The fraction of sp³-hybridized carbons (Fsp3) is 0.250. The Bertz CT molecular complexity index is 520. The van der Waals surface area contributed by atoms with Crippen LogP contribution in [0.1, 0.15) is 18.1 Å². The number of hydrogen-bond donors (Lipinski definition) is 3. The van der Waals surface area contributed by atoms with Crippen LogP contribution in [0.4, 0.5) is 10.5 Å². The normalized spacial score (nSPS) is 11.2. The molecule has 1 atom stereocenters. The van der Waals surface area contributed by atoms with Crippen LogP contribution in [-0.2, 0) is 4.79 Å². The van der Waals surface area contributed by atoms with Crippen LogP contribution in [0.3, 0.4) is 0 Å². The fourth-order valence-electron chi connectivity index (χ4n) is 1.34. The van der Waals surface area contributed by atoms with E-state index >= 15 is 0 Å². The molecule has 0 saturated heterocycles. The van der Waals surface area contributed by atoms with Crippen molar-refractivity contribution in [2.24, 2.45) is 0 Å². The summed E-state index contributed by atoms with van der Waals surface area (Å²) < 4.78 is 0. The number of nitrogens with zero attached hydrogens (tertiary/aromatic N) is 1. The third-order valence-corrected chi connectivity index (χ3v) is 2.35. The van der Waals surface area contributed by atoms with E-state index in [0.29, 0.717) is 11.3 Å². The summed E-state index contributed by atoms with van der Waals surface area (Å²) in [6, 6.07) is 5.36. The molecule has 1 rings (SSSR count). The number of urea groups is 1. The Morgan fingerprint density at radius 1 is 1.44 bits per heavy atom. The van der Waals surface area contributed by atoms with Crippen molar-refractivity contribution < 1.29 is 14.7 Å². The van der Waals surface area contributed by atoms with Crippen molar-refractivity contribution in [3.8, 4) is 6.07 Å². The Morgan fingerprint density at radius 2 is 2.11 bits per heavy atom. The lowest BCUT2D eigenvalue weighted by molar-refractivity contribution is -0.138. The Labute approximate surface area is 104 Å². The van der Waals surface area contributed by atoms with Crippen molar-refractivity contribution in [1.82, 2.24) is 5.32 Å². The summed E-state index contributed by atoms with van der Waals surface area (Å²) in [7, 11) is 0. The number of aryl methyl sites for hydroxylation is 1. The highest BCUT2D eigenvalue weighted by molar-refractivity contribution is 5.93. The Kier molecular flexibility index (Phi) is 4.27. The lowest BCUT2D eigenvalue weighted by atomic mass is 10.1. The van der Waals surface area contributed by atoms with E-state index in [1.165, 1.54) is 6.92 Å². The molecule has 2 amide bonds. The van der Waals surface area contributed by atoms with E-state index in [1.54, 1.807) is 25.1 Å². The Balaban J connectivity index is 2.80. The van der Waals surface area contributed by atoms with Crippen LogP contribution in [0.25, 0.3) is 0 Å². The number of benzene rings is 1. The monoisotopic (exact) mass is 247 g/mol. The fourth-order valence-corrected chi connectivity index (χ4v) is 1.34. The molecule has 3 N–H and O–H groups in total. The number of rotatable bonds is 3. The van der Waals surface area contributed by atoms with Gasteiger partial charge in [-0.1, -0.05) is 12.1 Å². The molecular formula is C12H13N3O3. The van der Waals surface area contributed by atoms with Gasteiger partial charge in [0, 0.05) is 0 Å². The van der Waals surface area contributed by atoms with Gasteiger partial charge in [0.25, 0.3) is 0 Å². The number of anilines is 1. The zero-order chi connectivity index (χ0) is 13.7. The third-order valence-electron chi connectivity index (χ3n) is 2.35. The van der Waals surface area contributed by atoms with Crippen LogP contribution in [0.2, 0.25) is 0 Å². The van der Waals surface area contributed by atoms with Crippen LogP contribution >= 0.6 is 0 Å². The zero-order valence-electron chi connectivity index (χ0n) is 10.0. The number of carbonyl (C=O) groups is 2. The van der Waals surface area contributed by atoms with Crippen LogP contribution < -0.4 is 10.6 Å². The van der Waals surface area contributed by atoms with E-state index in [2.05, 4.69) is 10.6 Å². The number of aliphatic carboxylic acids is 1. The first-order valence-electron chi connectivity index (χ1n) is 5.25. The van der Waals surface area contributed by atoms with Gasteiger partial charge in [-0.2, -0.15) is 5.26 Å². The molecule has 6 nitrogen and oxygen atoms in total. The lowest BCUT2D eigenvalue weighted by Crippen LogP contribution is -2.41. The van der Waals surface area contributed by atoms with Gasteiger partial charge >= 0.3 is 12.0 Å². The summed E-state index contributed by atoms with van der Waals surface area (Å²) in [6.45, 7) is 3.10. The zero-order valence-corrected chi connectivity index (χ0v) is 10.0. The minimum Gasteiger partial charge on any atom is -0.480 e. The number of carboxylic acids is 1. The van der Waals surface area contributed by atoms with Crippen molar-refractivity contribution in [3.05, 3.63) is 29.3 Å². The van der Waals surface area contributed by atoms with E-state index in [9.17, 15) is 9.59 Å². The van der Waals surface area contributed by atoms with Gasteiger partial charge in [-0.25, -0.2) is 4.79 Å². The number of carboxylic acid groups (broad SMARTS) is 1. The number of hydrogen-bond acceptors (Lipinski definition) is 3. The topological polar surface area (TPSA) is 102 Å². The summed E-state index contributed by atoms with van der Waals surface area (Å²) in [5, 5.41) is 22.3. The van der Waals surface area contributed by atoms with E-state index in [0.717, 1.165) is 5.56 Å². The summed E-state index contributed by atoms with van der Waals surface area (Å²) in [5.74, 6) is -1.13. The summed E-state index contributed by atoms with van der Waals surface area (Å²) >= 11 is 0. The standard InChI is InChI=1S/C12H13N3O3/c1-7-4-3-5-10(9(7)6-13)15-12(18)14-8(2)11(16)17/h3-5,8H,1-2H3,(H,16,17)(H2,14,15,18)/t8-/m1/s1. The Morgan fingerprint density at radius 3 is 2.67 bits per heavy atom. The second-order valence-corrected chi connectivity index (χ2v) is 3.77. The molecule has 6 heteroatoms. The van der Waals surface area contributed by atoms with Crippen LogP contribution in [0.5, 0.6) is 0 Å². The molecule has 0 aliphatic rings. The first-order chi connectivity index (χ1) is 8.45. The van der Waals surface area contributed by atoms with Gasteiger partial charge in [-0.05, 0) is 25.5 Å². The molecule has 0 saturated carbocycles. The SMILES string of the molecule is Cc1cccc(NC(=O)N[C@H](C)C(=O)O)c1C#N. The predicted molar refractivity (Wildman–Crippen MR) is 65.1 cm³/mol. The highest BCUT2D eigenvalue weighted by Crippen LogP contribution is 2.17. The average molecular weight is 247 g/mol. The maximum Gasteiger partial charge on any atom is 0.325 e. The molecule has 0 bridgehead atoms. The molecule has 0 spiro atoms. The average Bonchev–Trinajstić information content (AvgIpc) is 2.28. The van der Waals surface area contributed by atoms with Crippen molar-refractivity contribution in [2.45, 2.75) is 19.9 Å². The van der Waals surface area contributed by atoms with Crippen LogP contribution in [-0.4, -0.2) is 23.1 Å². The Hall–Kier alpha value is -2.55. The van der Waals surface area contributed by atoms with E-state index in [1.807, 2.05) is 6.07 Å². The highest BCUT2D eigenvalue weighted by Gasteiger charge is 2.15. The smallest absolute Gasteiger partial charge is 0.325 e. The maximum atomic E-state index is 11.5. The van der Waals surface area contributed by atoms with E-state index in [4.69, 9.17) is 10.4 Å². The van der Waals surface area contributed by atoms with Crippen molar-refractivity contribution >= 4 is 17.7 Å². The highest BCUT2D eigenvalue weighted by atomic mass is 16.4. The van der Waals surface area contributed by atoms with Crippen molar-refractivity contribution in [2.75, 3.05) is 5.32 Å². The maximum absolute atomic E-state index is 11.5. The number of carbonyl (C=O) groups excluding carboxylic acids is 1. The lowest BCUT2D eigenvalue weighted by Gasteiger charge is -2.12. The first-order valence-corrected chi connectivity index (χ1v) is 5.25. The van der Waals surface area contributed by atoms with Gasteiger partial charge in [-0.3, -0.25) is 4.79 Å². The molecule has 0 radical (unpaired) electrons. The molecule has 0 heterocycles. The van der Waals surface area contributed by atoms with Gasteiger partial charge in [0.1, 0.15) is 12.1 Å². The quantitative estimate of drug-likeness (QED) is 0.752. The van der Waals surface area contributed by atoms with E-state index < -0.39 is 18.0 Å². The molecular weight excluding hydrogens is 234 g/mol. The van der Waals surface area contributed by atoms with Gasteiger partial charge in [0.15, 0.2) is 0 Å². The molecule has 0 aliphatic carbocycles. The molecule has 1 aromatic rings. The molecule has 0 fully saturated rings.